The van der Waals surface area contributed by atoms with Crippen molar-refractivity contribution in [1.29, 1.82) is 0 Å². The van der Waals surface area contributed by atoms with Crippen molar-refractivity contribution in [2.24, 2.45) is 5.92 Å². The number of likely N-dealkylation sites (tertiary alicyclic amines) is 1. The molecule has 3 atom stereocenters. The highest BCUT2D eigenvalue weighted by atomic mass is 32.2. The Morgan fingerprint density at radius 1 is 1.21 bits per heavy atom. The van der Waals surface area contributed by atoms with Crippen molar-refractivity contribution in [3.63, 3.8) is 0 Å². The minimum absolute atomic E-state index is 0.0951. The van der Waals surface area contributed by atoms with E-state index in [-0.39, 0.29) is 17.1 Å². The molecule has 1 aliphatic heterocycles. The summed E-state index contributed by atoms with van der Waals surface area (Å²) in [5, 5.41) is 9.68. The maximum atomic E-state index is 12.5. The van der Waals surface area contributed by atoms with Crippen LogP contribution in [-0.4, -0.2) is 45.5 Å². The molecule has 2 unspecified atom stereocenters. The quantitative estimate of drug-likeness (QED) is 0.633. The number of aliphatic carboxylic acids is 1. The number of hydrogen-bond donors (Lipinski definition) is 2. The second-order valence-corrected chi connectivity index (χ2v) is 9.83. The highest BCUT2D eigenvalue weighted by molar-refractivity contribution is 7.99. The van der Waals surface area contributed by atoms with E-state index in [0.29, 0.717) is 18.7 Å². The highest BCUT2D eigenvalue weighted by Crippen LogP contribution is 2.34. The first-order valence-corrected chi connectivity index (χ1v) is 12.0. The number of hydrogen-bond acceptors (Lipinski definition) is 4. The Morgan fingerprint density at radius 2 is 1.89 bits per heavy atom. The second kappa shape index (κ2) is 10.1. The number of carboxylic acids is 1. The fraction of sp³-hybridized carbons (Fsp3) is 0.636. The first kappa shape index (κ1) is 21.6. The van der Waals surface area contributed by atoms with Crippen LogP contribution in [0.5, 0.6) is 0 Å². The van der Waals surface area contributed by atoms with Crippen LogP contribution >= 0.6 is 24.4 Å². The van der Waals surface area contributed by atoms with Crippen LogP contribution in [0.3, 0.4) is 0 Å². The van der Waals surface area contributed by atoms with Crippen molar-refractivity contribution in [2.45, 2.75) is 68.4 Å². The summed E-state index contributed by atoms with van der Waals surface area (Å²) in [5.41, 5.74) is 2.72. The molecule has 1 heterocycles. The lowest BCUT2D eigenvalue weighted by Gasteiger charge is -2.24. The lowest BCUT2D eigenvalue weighted by Crippen LogP contribution is -2.43. The summed E-state index contributed by atoms with van der Waals surface area (Å²) in [5.74, 6) is 0.761. The van der Waals surface area contributed by atoms with Gasteiger partial charge in [0.05, 0.1) is 0 Å². The van der Waals surface area contributed by atoms with Gasteiger partial charge in [-0.3, -0.25) is 4.79 Å². The van der Waals surface area contributed by atoms with Crippen molar-refractivity contribution < 1.29 is 14.7 Å². The molecule has 1 amide bonds. The molecule has 154 valence electrons. The number of benzene rings is 1. The van der Waals surface area contributed by atoms with Gasteiger partial charge < -0.3 is 10.0 Å². The number of thiol groups is 1. The third kappa shape index (κ3) is 5.26. The Balaban J connectivity index is 1.55. The third-order valence-electron chi connectivity index (χ3n) is 6.07. The van der Waals surface area contributed by atoms with E-state index < -0.39 is 12.0 Å². The minimum Gasteiger partial charge on any atom is -0.480 e. The Hall–Kier alpha value is -1.14. The first-order valence-electron chi connectivity index (χ1n) is 10.3. The van der Waals surface area contributed by atoms with Gasteiger partial charge in [0.1, 0.15) is 6.04 Å². The van der Waals surface area contributed by atoms with E-state index in [9.17, 15) is 14.7 Å². The maximum absolute atomic E-state index is 12.5. The van der Waals surface area contributed by atoms with Crippen molar-refractivity contribution in [3.05, 3.63) is 35.4 Å². The van der Waals surface area contributed by atoms with Gasteiger partial charge in [0.15, 0.2) is 0 Å². The van der Waals surface area contributed by atoms with Crippen LogP contribution < -0.4 is 0 Å². The Labute approximate surface area is 177 Å². The Morgan fingerprint density at radius 3 is 2.50 bits per heavy atom. The van der Waals surface area contributed by atoms with Gasteiger partial charge in [-0.05, 0) is 36.3 Å². The van der Waals surface area contributed by atoms with Crippen LogP contribution in [0.1, 0.15) is 62.5 Å². The Kier molecular flexibility index (Phi) is 7.75. The molecular weight excluding hydrogens is 390 g/mol. The highest BCUT2D eigenvalue weighted by Gasteiger charge is 2.40. The van der Waals surface area contributed by atoms with Gasteiger partial charge >= 0.3 is 5.97 Å². The van der Waals surface area contributed by atoms with E-state index in [1.54, 1.807) is 16.7 Å². The molecule has 6 heteroatoms. The molecule has 2 aliphatic rings. The predicted molar refractivity (Wildman–Crippen MR) is 118 cm³/mol. The Bertz CT molecular complexity index is 673. The monoisotopic (exact) mass is 421 g/mol. The summed E-state index contributed by atoms with van der Waals surface area (Å²) >= 11 is 5.95. The largest absolute Gasteiger partial charge is 0.480 e. The topological polar surface area (TPSA) is 57.6 Å². The van der Waals surface area contributed by atoms with Gasteiger partial charge in [0, 0.05) is 29.2 Å². The van der Waals surface area contributed by atoms with Crippen molar-refractivity contribution >= 4 is 36.3 Å². The summed E-state index contributed by atoms with van der Waals surface area (Å²) in [6.45, 7) is 2.32. The van der Waals surface area contributed by atoms with Gasteiger partial charge in [0.2, 0.25) is 5.91 Å². The average Bonchev–Trinajstić information content (AvgIpc) is 3.17. The minimum atomic E-state index is -0.903. The van der Waals surface area contributed by atoms with E-state index in [0.717, 1.165) is 11.7 Å². The molecule has 28 heavy (non-hydrogen) atoms. The van der Waals surface area contributed by atoms with Crippen LogP contribution in [0.15, 0.2) is 24.3 Å². The molecule has 1 N–H and O–H groups in total. The van der Waals surface area contributed by atoms with E-state index in [2.05, 4.69) is 36.9 Å². The molecule has 0 spiro atoms. The summed E-state index contributed by atoms with van der Waals surface area (Å²) in [6.07, 6.45) is 7.19. The zero-order valence-electron chi connectivity index (χ0n) is 16.5. The number of carboxylic acid groups (broad SMARTS) is 1. The normalized spacial score (nSPS) is 24.3. The summed E-state index contributed by atoms with van der Waals surface area (Å²) in [6, 6.07) is 8.26. The summed E-state index contributed by atoms with van der Waals surface area (Å²) in [7, 11) is 0. The fourth-order valence-corrected chi connectivity index (χ4v) is 5.65. The number of amides is 1. The lowest BCUT2D eigenvalue weighted by atomic mass is 9.84. The van der Waals surface area contributed by atoms with Crippen LogP contribution in [0.4, 0.5) is 0 Å². The van der Waals surface area contributed by atoms with Gasteiger partial charge in [-0.25, -0.2) is 4.79 Å². The summed E-state index contributed by atoms with van der Waals surface area (Å²) in [4.78, 5) is 25.7. The molecule has 0 aromatic heterocycles. The summed E-state index contributed by atoms with van der Waals surface area (Å²) < 4.78 is 0. The van der Waals surface area contributed by atoms with Crippen LogP contribution in [0.25, 0.3) is 0 Å². The van der Waals surface area contributed by atoms with Gasteiger partial charge in [0.25, 0.3) is 0 Å². The first-order chi connectivity index (χ1) is 13.5. The van der Waals surface area contributed by atoms with E-state index in [1.165, 1.54) is 43.2 Å². The van der Waals surface area contributed by atoms with Crippen LogP contribution in [0, 0.1) is 5.92 Å². The van der Waals surface area contributed by atoms with Gasteiger partial charge in [-0.1, -0.05) is 50.5 Å². The van der Waals surface area contributed by atoms with Crippen LogP contribution in [0.2, 0.25) is 0 Å². The number of carbonyl (C=O) groups is 2. The average molecular weight is 422 g/mol. The molecule has 0 bridgehead atoms. The smallest absolute Gasteiger partial charge is 0.326 e. The van der Waals surface area contributed by atoms with Crippen molar-refractivity contribution in [1.82, 2.24) is 4.90 Å². The van der Waals surface area contributed by atoms with Gasteiger partial charge in [-0.15, -0.1) is 0 Å². The number of rotatable bonds is 7. The predicted octanol–water partition coefficient (Wildman–Crippen LogP) is 4.59. The molecule has 1 aliphatic carbocycles. The zero-order valence-corrected chi connectivity index (χ0v) is 18.3. The number of nitrogens with zero attached hydrogens (tertiary/aromatic N) is 1. The number of carbonyl (C=O) groups excluding carboxylic acids is 1. The molecular formula is C22H31NO3S2. The molecule has 4 nitrogen and oxygen atoms in total. The maximum Gasteiger partial charge on any atom is 0.326 e. The molecule has 1 saturated carbocycles. The third-order valence-corrected chi connectivity index (χ3v) is 7.93. The second-order valence-electron chi connectivity index (χ2n) is 8.17. The molecule has 0 radical (unpaired) electrons. The molecule has 1 aromatic carbocycles. The number of thioether (sulfide) groups is 1. The standard InChI is InChI=1S/C22H31NO3S2/c1-15(13-27)21(24)23-12-19(11-20(23)22(25)26)28-14-16-7-9-18(10-8-16)17-5-3-2-4-6-17/h7-10,15,17,19-20,27H,2-6,11-14H2,1H3,(H,25,26)/t15-,19?,20?/m1/s1. The lowest BCUT2D eigenvalue weighted by molar-refractivity contribution is -0.149. The molecule has 2 fully saturated rings. The van der Waals surface area contributed by atoms with Crippen molar-refractivity contribution in [3.8, 4) is 0 Å². The fourth-order valence-electron chi connectivity index (χ4n) is 4.29. The SMILES string of the molecule is C[C@H](CS)C(=O)N1CC(SCc2ccc(C3CCCCC3)cc2)CC1C(=O)O. The van der Waals surface area contributed by atoms with E-state index >= 15 is 0 Å². The molecule has 3 rings (SSSR count). The zero-order chi connectivity index (χ0) is 20.1. The van der Waals surface area contributed by atoms with Gasteiger partial charge in [-0.2, -0.15) is 24.4 Å². The molecule has 1 aromatic rings. The van der Waals surface area contributed by atoms with E-state index in [1.807, 2.05) is 6.92 Å². The van der Waals surface area contributed by atoms with Crippen LogP contribution in [-0.2, 0) is 15.3 Å². The van der Waals surface area contributed by atoms with Crippen molar-refractivity contribution in [2.75, 3.05) is 12.3 Å². The van der Waals surface area contributed by atoms with E-state index in [4.69, 9.17) is 0 Å². The molecule has 1 saturated heterocycles.